The molecule has 0 heterocycles. The fraction of sp³-hybridized carbons (Fsp3) is 0.200. The number of sulfonamides is 1. The first kappa shape index (κ1) is 15.9. The molecule has 6 heteroatoms. The Hall–Kier alpha value is -1.43. The van der Waals surface area contributed by atoms with Crippen LogP contribution in [0.15, 0.2) is 53.4 Å². The van der Waals surface area contributed by atoms with Gasteiger partial charge in [0.1, 0.15) is 10.7 Å². The fourth-order valence-corrected chi connectivity index (χ4v) is 3.51. The SMILES string of the molecule is CC(c1ccc(Cl)cc1)N(C)S(=O)(=O)c1ccccc1F. The predicted octanol–water partition coefficient (Wildman–Crippen LogP) is 3.86. The van der Waals surface area contributed by atoms with Crippen molar-refractivity contribution in [2.75, 3.05) is 7.05 Å². The molecular formula is C15H15ClFNO2S. The molecule has 0 aliphatic carbocycles. The van der Waals surface area contributed by atoms with Gasteiger partial charge in [-0.15, -0.1) is 0 Å². The predicted molar refractivity (Wildman–Crippen MR) is 81.2 cm³/mol. The fourth-order valence-electron chi connectivity index (χ4n) is 1.97. The Kier molecular flexibility index (Phi) is 4.66. The Balaban J connectivity index is 2.36. The molecule has 0 aromatic heterocycles. The van der Waals surface area contributed by atoms with Crippen LogP contribution in [-0.2, 0) is 10.0 Å². The first-order valence-electron chi connectivity index (χ1n) is 6.32. The van der Waals surface area contributed by atoms with Crippen molar-refractivity contribution in [1.29, 1.82) is 0 Å². The molecular weight excluding hydrogens is 313 g/mol. The second-order valence-corrected chi connectivity index (χ2v) is 7.08. The van der Waals surface area contributed by atoms with Gasteiger partial charge in [-0.1, -0.05) is 35.9 Å². The van der Waals surface area contributed by atoms with E-state index in [0.717, 1.165) is 15.9 Å². The second kappa shape index (κ2) is 6.13. The van der Waals surface area contributed by atoms with Gasteiger partial charge in [0, 0.05) is 18.1 Å². The molecule has 112 valence electrons. The van der Waals surface area contributed by atoms with Crippen molar-refractivity contribution < 1.29 is 12.8 Å². The highest BCUT2D eigenvalue weighted by molar-refractivity contribution is 7.89. The van der Waals surface area contributed by atoms with Gasteiger partial charge in [-0.3, -0.25) is 0 Å². The summed E-state index contributed by atoms with van der Waals surface area (Å²) in [7, 11) is -2.47. The largest absolute Gasteiger partial charge is 0.246 e. The Morgan fingerprint density at radius 2 is 1.67 bits per heavy atom. The maximum atomic E-state index is 13.7. The van der Waals surface area contributed by atoms with Crippen LogP contribution in [-0.4, -0.2) is 19.8 Å². The Morgan fingerprint density at radius 3 is 2.24 bits per heavy atom. The summed E-state index contributed by atoms with van der Waals surface area (Å²) in [5, 5.41) is 0.575. The number of halogens is 2. The number of hydrogen-bond donors (Lipinski definition) is 0. The standard InChI is InChI=1S/C15H15ClFNO2S/c1-11(12-7-9-13(16)10-8-12)18(2)21(19,20)15-6-4-3-5-14(15)17/h3-11H,1-2H3. The topological polar surface area (TPSA) is 37.4 Å². The van der Waals surface area contributed by atoms with Crippen LogP contribution in [0.25, 0.3) is 0 Å². The molecule has 3 nitrogen and oxygen atoms in total. The van der Waals surface area contributed by atoms with E-state index < -0.39 is 21.9 Å². The van der Waals surface area contributed by atoms with Gasteiger partial charge < -0.3 is 0 Å². The minimum atomic E-state index is -3.90. The van der Waals surface area contributed by atoms with Crippen LogP contribution >= 0.6 is 11.6 Å². The molecule has 2 rings (SSSR count). The van der Waals surface area contributed by atoms with Crippen LogP contribution in [0.4, 0.5) is 4.39 Å². The third kappa shape index (κ3) is 3.26. The van der Waals surface area contributed by atoms with Gasteiger partial charge in [0.15, 0.2) is 0 Å². The monoisotopic (exact) mass is 327 g/mol. The summed E-state index contributed by atoms with van der Waals surface area (Å²) in [6, 6.07) is 11.8. The van der Waals surface area contributed by atoms with E-state index in [1.165, 1.54) is 25.2 Å². The number of nitrogens with zero attached hydrogens (tertiary/aromatic N) is 1. The molecule has 0 radical (unpaired) electrons. The lowest BCUT2D eigenvalue weighted by Gasteiger charge is -2.25. The van der Waals surface area contributed by atoms with E-state index in [-0.39, 0.29) is 4.90 Å². The average Bonchev–Trinajstić information content (AvgIpc) is 2.46. The van der Waals surface area contributed by atoms with Crippen LogP contribution < -0.4 is 0 Å². The zero-order valence-corrected chi connectivity index (χ0v) is 13.2. The average molecular weight is 328 g/mol. The Labute approximate surface area is 129 Å². The van der Waals surface area contributed by atoms with Gasteiger partial charge in [-0.2, -0.15) is 4.31 Å². The molecule has 21 heavy (non-hydrogen) atoms. The molecule has 1 atom stereocenters. The summed E-state index contributed by atoms with van der Waals surface area (Å²) in [6.45, 7) is 1.74. The molecule has 0 aliphatic heterocycles. The molecule has 2 aromatic rings. The summed E-state index contributed by atoms with van der Waals surface area (Å²) >= 11 is 5.82. The summed E-state index contributed by atoms with van der Waals surface area (Å²) < 4.78 is 39.9. The van der Waals surface area contributed by atoms with Crippen molar-refractivity contribution in [1.82, 2.24) is 4.31 Å². The van der Waals surface area contributed by atoms with E-state index in [9.17, 15) is 12.8 Å². The third-order valence-electron chi connectivity index (χ3n) is 3.39. The van der Waals surface area contributed by atoms with Crippen LogP contribution in [0.2, 0.25) is 5.02 Å². The van der Waals surface area contributed by atoms with Crippen molar-refractivity contribution in [3.63, 3.8) is 0 Å². The second-order valence-electron chi connectivity index (χ2n) is 4.68. The maximum Gasteiger partial charge on any atom is 0.246 e. The lowest BCUT2D eigenvalue weighted by atomic mass is 10.1. The van der Waals surface area contributed by atoms with Crippen molar-refractivity contribution in [3.05, 3.63) is 64.9 Å². The molecule has 1 unspecified atom stereocenters. The Bertz CT molecular complexity index is 732. The number of hydrogen-bond acceptors (Lipinski definition) is 2. The van der Waals surface area contributed by atoms with E-state index in [2.05, 4.69) is 0 Å². The van der Waals surface area contributed by atoms with Crippen molar-refractivity contribution in [3.8, 4) is 0 Å². The molecule has 0 spiro atoms. The summed E-state index contributed by atoms with van der Waals surface area (Å²) in [5.74, 6) is -0.757. The van der Waals surface area contributed by atoms with Gasteiger partial charge in [0.2, 0.25) is 10.0 Å². The number of benzene rings is 2. The highest BCUT2D eigenvalue weighted by Gasteiger charge is 2.28. The molecule has 0 fully saturated rings. The Morgan fingerprint density at radius 1 is 1.10 bits per heavy atom. The van der Waals surface area contributed by atoms with Crippen LogP contribution in [0.3, 0.4) is 0 Å². The molecule has 0 bridgehead atoms. The van der Waals surface area contributed by atoms with Gasteiger partial charge >= 0.3 is 0 Å². The smallest absolute Gasteiger partial charge is 0.207 e. The zero-order chi connectivity index (χ0) is 15.6. The van der Waals surface area contributed by atoms with Gasteiger partial charge in [0.25, 0.3) is 0 Å². The van der Waals surface area contributed by atoms with Crippen molar-refractivity contribution >= 4 is 21.6 Å². The first-order valence-corrected chi connectivity index (χ1v) is 8.14. The van der Waals surface area contributed by atoms with E-state index in [4.69, 9.17) is 11.6 Å². The summed E-state index contributed by atoms with van der Waals surface area (Å²) in [5.41, 5.74) is 0.779. The van der Waals surface area contributed by atoms with Gasteiger partial charge in [0.05, 0.1) is 0 Å². The highest BCUT2D eigenvalue weighted by atomic mass is 35.5. The quantitative estimate of drug-likeness (QED) is 0.855. The molecule has 0 saturated carbocycles. The van der Waals surface area contributed by atoms with Crippen molar-refractivity contribution in [2.45, 2.75) is 17.9 Å². The molecule has 2 aromatic carbocycles. The lowest BCUT2D eigenvalue weighted by molar-refractivity contribution is 0.395. The van der Waals surface area contributed by atoms with Gasteiger partial charge in [-0.05, 0) is 36.8 Å². The molecule has 0 saturated heterocycles. The molecule has 0 aliphatic rings. The van der Waals surface area contributed by atoms with Crippen LogP contribution in [0.1, 0.15) is 18.5 Å². The molecule has 0 amide bonds. The van der Waals surface area contributed by atoms with E-state index >= 15 is 0 Å². The highest BCUT2D eigenvalue weighted by Crippen LogP contribution is 2.27. The van der Waals surface area contributed by atoms with E-state index in [1.54, 1.807) is 31.2 Å². The lowest BCUT2D eigenvalue weighted by Crippen LogP contribution is -2.30. The zero-order valence-electron chi connectivity index (χ0n) is 11.6. The summed E-state index contributed by atoms with van der Waals surface area (Å²) in [4.78, 5) is -0.326. The van der Waals surface area contributed by atoms with Crippen molar-refractivity contribution in [2.24, 2.45) is 0 Å². The summed E-state index contributed by atoms with van der Waals surface area (Å²) in [6.07, 6.45) is 0. The third-order valence-corrected chi connectivity index (χ3v) is 5.60. The van der Waals surface area contributed by atoms with Gasteiger partial charge in [-0.25, -0.2) is 12.8 Å². The number of rotatable bonds is 4. The van der Waals surface area contributed by atoms with E-state index in [1.807, 2.05) is 0 Å². The minimum absolute atomic E-state index is 0.326. The van der Waals surface area contributed by atoms with E-state index in [0.29, 0.717) is 5.02 Å². The minimum Gasteiger partial charge on any atom is -0.207 e. The first-order chi connectivity index (χ1) is 9.84. The molecule has 0 N–H and O–H groups in total. The van der Waals surface area contributed by atoms with Crippen LogP contribution in [0.5, 0.6) is 0 Å². The normalized spacial score (nSPS) is 13.4. The maximum absolute atomic E-state index is 13.7. The van der Waals surface area contributed by atoms with Crippen LogP contribution in [0, 0.1) is 5.82 Å².